The molecular weight excluding hydrogens is 318 g/mol. The minimum Gasteiger partial charge on any atom is -0.493 e. The molecule has 0 amide bonds. The summed E-state index contributed by atoms with van der Waals surface area (Å²) >= 11 is 0. The van der Waals surface area contributed by atoms with E-state index in [1.54, 1.807) is 7.11 Å². The number of hydrogen-bond acceptors (Lipinski definition) is 5. The van der Waals surface area contributed by atoms with Crippen molar-refractivity contribution in [2.45, 2.75) is 19.1 Å². The lowest BCUT2D eigenvalue weighted by molar-refractivity contribution is 0.0904. The third-order valence-corrected chi connectivity index (χ3v) is 4.80. The van der Waals surface area contributed by atoms with Crippen LogP contribution in [0.4, 0.5) is 0 Å². The van der Waals surface area contributed by atoms with Gasteiger partial charge in [0.05, 0.1) is 13.2 Å². The van der Waals surface area contributed by atoms with E-state index in [0.29, 0.717) is 11.7 Å². The highest BCUT2D eigenvalue weighted by Crippen LogP contribution is 2.41. The number of hydrogen-bond donors (Lipinski definition) is 1. The topological polar surface area (TPSA) is 49.0 Å². The summed E-state index contributed by atoms with van der Waals surface area (Å²) in [5, 5.41) is 3.55. The third kappa shape index (κ3) is 3.43. The zero-order valence-electron chi connectivity index (χ0n) is 14.4. The van der Waals surface area contributed by atoms with Gasteiger partial charge >= 0.3 is 0 Å². The molecule has 0 radical (unpaired) electrons. The SMILES string of the molecule is COc1cc(CNC[C@H]2CCO[C@@H]2c2ccccc2)cc2c1OCO2. The Hall–Kier alpha value is -2.24. The molecule has 2 aromatic rings. The first kappa shape index (κ1) is 16.2. The van der Waals surface area contributed by atoms with Gasteiger partial charge in [-0.05, 0) is 29.7 Å². The zero-order valence-corrected chi connectivity index (χ0v) is 14.4. The van der Waals surface area contributed by atoms with Crippen LogP contribution in [0.25, 0.3) is 0 Å². The van der Waals surface area contributed by atoms with Gasteiger partial charge in [0.15, 0.2) is 11.5 Å². The molecule has 5 nitrogen and oxygen atoms in total. The van der Waals surface area contributed by atoms with E-state index in [1.807, 2.05) is 18.2 Å². The Morgan fingerprint density at radius 3 is 2.88 bits per heavy atom. The first-order valence-electron chi connectivity index (χ1n) is 8.69. The quantitative estimate of drug-likeness (QED) is 0.874. The van der Waals surface area contributed by atoms with Crippen LogP contribution in [-0.4, -0.2) is 27.1 Å². The predicted molar refractivity (Wildman–Crippen MR) is 94.1 cm³/mol. The second-order valence-electron chi connectivity index (χ2n) is 6.41. The van der Waals surface area contributed by atoms with Crippen LogP contribution < -0.4 is 19.5 Å². The summed E-state index contributed by atoms with van der Waals surface area (Å²) in [6.45, 7) is 2.74. The Kier molecular flexibility index (Phi) is 4.76. The Morgan fingerprint density at radius 1 is 1.16 bits per heavy atom. The Morgan fingerprint density at radius 2 is 2.04 bits per heavy atom. The van der Waals surface area contributed by atoms with E-state index in [0.717, 1.165) is 43.2 Å². The van der Waals surface area contributed by atoms with Crippen molar-refractivity contribution in [2.24, 2.45) is 5.92 Å². The Balaban J connectivity index is 1.38. The van der Waals surface area contributed by atoms with Crippen molar-refractivity contribution in [3.63, 3.8) is 0 Å². The average molecular weight is 341 g/mol. The van der Waals surface area contributed by atoms with Crippen molar-refractivity contribution in [2.75, 3.05) is 27.1 Å². The van der Waals surface area contributed by atoms with Crippen molar-refractivity contribution in [1.29, 1.82) is 0 Å². The van der Waals surface area contributed by atoms with Crippen molar-refractivity contribution in [3.8, 4) is 17.2 Å². The minimum absolute atomic E-state index is 0.181. The lowest BCUT2D eigenvalue weighted by Crippen LogP contribution is -2.24. The number of methoxy groups -OCH3 is 1. The minimum atomic E-state index is 0.181. The maximum Gasteiger partial charge on any atom is 0.231 e. The summed E-state index contributed by atoms with van der Waals surface area (Å²) in [5.74, 6) is 2.65. The number of benzene rings is 2. The van der Waals surface area contributed by atoms with Gasteiger partial charge in [0.2, 0.25) is 12.5 Å². The van der Waals surface area contributed by atoms with E-state index < -0.39 is 0 Å². The molecule has 0 bridgehead atoms. The molecule has 1 fully saturated rings. The fourth-order valence-corrected chi connectivity index (χ4v) is 3.54. The van der Waals surface area contributed by atoms with Crippen molar-refractivity contribution >= 4 is 0 Å². The van der Waals surface area contributed by atoms with E-state index in [9.17, 15) is 0 Å². The Labute approximate surface area is 147 Å². The van der Waals surface area contributed by atoms with E-state index in [4.69, 9.17) is 18.9 Å². The summed E-state index contributed by atoms with van der Waals surface area (Å²) in [4.78, 5) is 0. The van der Waals surface area contributed by atoms with Gasteiger partial charge in [-0.1, -0.05) is 30.3 Å². The molecular formula is C20H23NO4. The lowest BCUT2D eigenvalue weighted by atomic mass is 9.95. The van der Waals surface area contributed by atoms with Crippen LogP contribution in [0.5, 0.6) is 17.2 Å². The van der Waals surface area contributed by atoms with Crippen LogP contribution in [-0.2, 0) is 11.3 Å². The van der Waals surface area contributed by atoms with Crippen LogP contribution >= 0.6 is 0 Å². The molecule has 5 heteroatoms. The molecule has 2 aliphatic rings. The highest BCUT2D eigenvalue weighted by Gasteiger charge is 2.29. The normalized spacial score (nSPS) is 21.5. The number of ether oxygens (including phenoxy) is 4. The third-order valence-electron chi connectivity index (χ3n) is 4.80. The Bertz CT molecular complexity index is 719. The maximum absolute atomic E-state index is 5.95. The van der Waals surface area contributed by atoms with Crippen molar-refractivity contribution < 1.29 is 18.9 Å². The predicted octanol–water partition coefficient (Wildman–Crippen LogP) is 3.29. The van der Waals surface area contributed by atoms with E-state index in [-0.39, 0.29) is 12.9 Å². The first-order chi connectivity index (χ1) is 12.3. The van der Waals surface area contributed by atoms with Gasteiger partial charge in [-0.2, -0.15) is 0 Å². The fraction of sp³-hybridized carbons (Fsp3) is 0.400. The first-order valence-corrected chi connectivity index (χ1v) is 8.69. The molecule has 2 atom stereocenters. The standard InChI is InChI=1S/C20H23NO4/c1-22-17-9-14(10-18-20(17)25-13-24-18)11-21-12-16-7-8-23-19(16)15-5-3-2-4-6-15/h2-6,9-10,16,19,21H,7-8,11-13H2,1H3/t16-,19-/m1/s1. The molecule has 0 spiro atoms. The van der Waals surface area contributed by atoms with E-state index >= 15 is 0 Å². The number of nitrogens with one attached hydrogen (secondary N) is 1. The molecule has 25 heavy (non-hydrogen) atoms. The molecule has 0 aromatic heterocycles. The number of rotatable bonds is 6. The summed E-state index contributed by atoms with van der Waals surface area (Å²) in [6, 6.07) is 14.5. The van der Waals surface area contributed by atoms with Gasteiger partial charge in [0, 0.05) is 25.6 Å². The van der Waals surface area contributed by atoms with Gasteiger partial charge in [0.25, 0.3) is 0 Å². The fourth-order valence-electron chi connectivity index (χ4n) is 3.54. The molecule has 0 aliphatic carbocycles. The van der Waals surface area contributed by atoms with Crippen LogP contribution in [0.2, 0.25) is 0 Å². The van der Waals surface area contributed by atoms with Crippen LogP contribution in [0.1, 0.15) is 23.7 Å². The summed E-state index contributed by atoms with van der Waals surface area (Å²) in [5.41, 5.74) is 2.38. The molecule has 4 rings (SSSR count). The van der Waals surface area contributed by atoms with E-state index in [1.165, 1.54) is 5.56 Å². The van der Waals surface area contributed by atoms with Crippen LogP contribution in [0.15, 0.2) is 42.5 Å². The maximum atomic E-state index is 5.95. The molecule has 1 saturated heterocycles. The van der Waals surface area contributed by atoms with Gasteiger partial charge in [-0.25, -0.2) is 0 Å². The second kappa shape index (κ2) is 7.33. The van der Waals surface area contributed by atoms with Gasteiger partial charge in [-0.15, -0.1) is 0 Å². The monoisotopic (exact) mass is 341 g/mol. The smallest absolute Gasteiger partial charge is 0.231 e. The molecule has 0 saturated carbocycles. The molecule has 2 aliphatic heterocycles. The summed E-state index contributed by atoms with van der Waals surface area (Å²) < 4.78 is 22.3. The molecule has 0 unspecified atom stereocenters. The highest BCUT2D eigenvalue weighted by atomic mass is 16.7. The number of fused-ring (bicyclic) bond motifs is 1. The van der Waals surface area contributed by atoms with Crippen molar-refractivity contribution in [3.05, 3.63) is 53.6 Å². The van der Waals surface area contributed by atoms with Crippen molar-refractivity contribution in [1.82, 2.24) is 5.32 Å². The molecule has 132 valence electrons. The van der Waals surface area contributed by atoms with E-state index in [2.05, 4.69) is 29.6 Å². The van der Waals surface area contributed by atoms with Gasteiger partial charge in [-0.3, -0.25) is 0 Å². The largest absolute Gasteiger partial charge is 0.493 e. The second-order valence-corrected chi connectivity index (χ2v) is 6.41. The highest BCUT2D eigenvalue weighted by molar-refractivity contribution is 5.55. The van der Waals surface area contributed by atoms with Crippen LogP contribution in [0.3, 0.4) is 0 Å². The molecule has 2 heterocycles. The van der Waals surface area contributed by atoms with Gasteiger partial charge in [0.1, 0.15) is 0 Å². The zero-order chi connectivity index (χ0) is 17.1. The molecule has 2 aromatic carbocycles. The average Bonchev–Trinajstić information content (AvgIpc) is 3.31. The van der Waals surface area contributed by atoms with Gasteiger partial charge < -0.3 is 24.3 Å². The summed E-state index contributed by atoms with van der Waals surface area (Å²) in [7, 11) is 1.65. The lowest BCUT2D eigenvalue weighted by Gasteiger charge is -2.19. The van der Waals surface area contributed by atoms with Crippen LogP contribution in [0, 0.1) is 5.92 Å². The molecule has 1 N–H and O–H groups in total. The summed E-state index contributed by atoms with van der Waals surface area (Å²) in [6.07, 6.45) is 1.26.